The Kier molecular flexibility index (Phi) is 7.32. The van der Waals surface area contributed by atoms with Gasteiger partial charge in [0.1, 0.15) is 0 Å². The fourth-order valence-electron chi connectivity index (χ4n) is 3.59. The molecule has 0 saturated carbocycles. The van der Waals surface area contributed by atoms with E-state index in [4.69, 9.17) is 39.8 Å². The van der Waals surface area contributed by atoms with Crippen LogP contribution in [-0.4, -0.2) is 42.1 Å². The minimum atomic E-state index is -0.412. The van der Waals surface area contributed by atoms with Crippen LogP contribution in [0.15, 0.2) is 65.3 Å². The molecular formula is C23H22Cl2N4O2S. The minimum Gasteiger partial charge on any atom is -0.459 e. The highest BCUT2D eigenvalue weighted by atomic mass is 35.5. The van der Waals surface area contributed by atoms with Crippen molar-refractivity contribution in [1.29, 1.82) is 0 Å². The first-order valence-corrected chi connectivity index (χ1v) is 11.3. The van der Waals surface area contributed by atoms with E-state index in [1.54, 1.807) is 18.2 Å². The third-order valence-corrected chi connectivity index (χ3v) is 6.12. The molecule has 1 aliphatic heterocycles. The number of nitrogens with zero attached hydrogens (tertiary/aromatic N) is 2. The van der Waals surface area contributed by atoms with Crippen LogP contribution in [0.4, 0.5) is 11.4 Å². The van der Waals surface area contributed by atoms with Gasteiger partial charge in [0.05, 0.1) is 17.0 Å². The second kappa shape index (κ2) is 10.4. The molecule has 1 amide bonds. The first-order valence-electron chi connectivity index (χ1n) is 10.2. The maximum absolute atomic E-state index is 12.0. The molecule has 0 bridgehead atoms. The van der Waals surface area contributed by atoms with Gasteiger partial charge in [-0.1, -0.05) is 41.4 Å². The van der Waals surface area contributed by atoms with Crippen LogP contribution in [0.2, 0.25) is 10.0 Å². The van der Waals surface area contributed by atoms with Crippen LogP contribution in [-0.2, 0) is 6.54 Å². The van der Waals surface area contributed by atoms with Crippen molar-refractivity contribution in [2.24, 2.45) is 0 Å². The monoisotopic (exact) mass is 488 g/mol. The Morgan fingerprint density at radius 2 is 1.78 bits per heavy atom. The predicted octanol–water partition coefficient (Wildman–Crippen LogP) is 5.04. The van der Waals surface area contributed by atoms with Crippen molar-refractivity contribution in [2.45, 2.75) is 6.54 Å². The maximum atomic E-state index is 12.0. The number of furan rings is 1. The molecule has 32 heavy (non-hydrogen) atoms. The number of halogens is 2. The molecule has 1 aromatic heterocycles. The molecule has 6 nitrogen and oxygen atoms in total. The first-order chi connectivity index (χ1) is 15.5. The fraction of sp³-hybridized carbons (Fsp3) is 0.217. The fourth-order valence-corrected chi connectivity index (χ4v) is 4.30. The summed E-state index contributed by atoms with van der Waals surface area (Å²) in [5.41, 5.74) is 2.81. The van der Waals surface area contributed by atoms with E-state index >= 15 is 0 Å². The maximum Gasteiger partial charge on any atom is 0.293 e. The molecule has 1 fully saturated rings. The highest BCUT2D eigenvalue weighted by Gasteiger charge is 2.20. The van der Waals surface area contributed by atoms with Crippen LogP contribution < -0.4 is 15.5 Å². The Labute approximate surface area is 202 Å². The number of piperazine rings is 1. The number of carbonyl (C=O) groups is 1. The lowest BCUT2D eigenvalue weighted by Gasteiger charge is -2.36. The van der Waals surface area contributed by atoms with Crippen molar-refractivity contribution in [3.8, 4) is 0 Å². The quantitative estimate of drug-likeness (QED) is 0.490. The second-order valence-corrected chi connectivity index (χ2v) is 8.63. The third-order valence-electron chi connectivity index (χ3n) is 5.24. The number of thiocarbonyl (C=S) groups is 1. The third kappa shape index (κ3) is 5.61. The molecule has 9 heteroatoms. The molecule has 4 rings (SSSR count). The summed E-state index contributed by atoms with van der Waals surface area (Å²) >= 11 is 18.1. The number of anilines is 2. The summed E-state index contributed by atoms with van der Waals surface area (Å²) in [5, 5.41) is 7.15. The Bertz CT molecular complexity index is 1100. The molecule has 0 spiro atoms. The molecule has 166 valence electrons. The lowest BCUT2D eigenvalue weighted by molar-refractivity contribution is 0.0950. The molecule has 0 atom stereocenters. The minimum absolute atomic E-state index is 0.170. The summed E-state index contributed by atoms with van der Waals surface area (Å²) in [4.78, 5) is 16.7. The highest BCUT2D eigenvalue weighted by molar-refractivity contribution is 7.80. The van der Waals surface area contributed by atoms with Gasteiger partial charge in [-0.2, -0.15) is 0 Å². The molecule has 0 aliphatic carbocycles. The topological polar surface area (TPSA) is 60.8 Å². The number of benzene rings is 2. The van der Waals surface area contributed by atoms with Crippen molar-refractivity contribution in [3.05, 3.63) is 82.2 Å². The Morgan fingerprint density at radius 3 is 2.47 bits per heavy atom. The van der Waals surface area contributed by atoms with E-state index in [1.807, 2.05) is 30.3 Å². The van der Waals surface area contributed by atoms with Gasteiger partial charge in [-0.05, 0) is 54.2 Å². The van der Waals surface area contributed by atoms with Gasteiger partial charge >= 0.3 is 0 Å². The summed E-state index contributed by atoms with van der Waals surface area (Å²) in [5.74, 6) is -0.221. The Hall–Kier alpha value is -2.58. The summed E-state index contributed by atoms with van der Waals surface area (Å²) in [7, 11) is 0. The molecule has 2 heterocycles. The summed E-state index contributed by atoms with van der Waals surface area (Å²) in [6, 6.07) is 16.8. The van der Waals surface area contributed by atoms with Crippen molar-refractivity contribution in [1.82, 2.24) is 10.2 Å². The molecule has 0 unspecified atom stereocenters. The van der Waals surface area contributed by atoms with E-state index < -0.39 is 5.91 Å². The molecule has 2 aromatic carbocycles. The number of hydrogen-bond donors (Lipinski definition) is 2. The van der Waals surface area contributed by atoms with E-state index in [0.29, 0.717) is 10.7 Å². The van der Waals surface area contributed by atoms with Crippen LogP contribution in [0.3, 0.4) is 0 Å². The smallest absolute Gasteiger partial charge is 0.293 e. The van der Waals surface area contributed by atoms with E-state index in [2.05, 4.69) is 26.5 Å². The molecule has 0 radical (unpaired) electrons. The summed E-state index contributed by atoms with van der Waals surface area (Å²) in [6.45, 7) is 4.42. The standard InChI is InChI=1S/C23H22Cl2N4O2S/c24-18-5-2-1-4-16(18)15-28-9-11-29(12-10-28)20-8-7-17(14-19(20)25)26-23(32)27-22(30)21-6-3-13-31-21/h1-8,13-14H,9-12,15H2,(H2,26,27,30,32). The SMILES string of the molecule is O=C(NC(=S)Nc1ccc(N2CCN(Cc3ccccc3Cl)CC2)c(Cl)c1)c1ccco1. The first kappa shape index (κ1) is 22.6. The van der Waals surface area contributed by atoms with Gasteiger partial charge in [-0.3, -0.25) is 15.0 Å². The number of nitrogens with one attached hydrogen (secondary N) is 2. The van der Waals surface area contributed by atoms with E-state index in [1.165, 1.54) is 6.26 Å². The van der Waals surface area contributed by atoms with Crippen LogP contribution in [0.5, 0.6) is 0 Å². The van der Waals surface area contributed by atoms with Gasteiger partial charge in [0.2, 0.25) is 0 Å². The summed E-state index contributed by atoms with van der Waals surface area (Å²) < 4.78 is 5.06. The Morgan fingerprint density at radius 1 is 1.00 bits per heavy atom. The molecule has 1 saturated heterocycles. The molecule has 3 aromatic rings. The van der Waals surface area contributed by atoms with Crippen molar-refractivity contribution < 1.29 is 9.21 Å². The highest BCUT2D eigenvalue weighted by Crippen LogP contribution is 2.30. The Balaban J connectivity index is 1.31. The van der Waals surface area contributed by atoms with Crippen molar-refractivity contribution in [3.63, 3.8) is 0 Å². The van der Waals surface area contributed by atoms with Crippen molar-refractivity contribution in [2.75, 3.05) is 36.4 Å². The van der Waals surface area contributed by atoms with Crippen LogP contribution >= 0.6 is 35.4 Å². The van der Waals surface area contributed by atoms with Crippen LogP contribution in [0.1, 0.15) is 16.1 Å². The molecular weight excluding hydrogens is 467 g/mol. The lowest BCUT2D eigenvalue weighted by Crippen LogP contribution is -2.46. The molecule has 2 N–H and O–H groups in total. The van der Waals surface area contributed by atoms with Gasteiger partial charge in [-0.15, -0.1) is 0 Å². The zero-order valence-electron chi connectivity index (χ0n) is 17.2. The largest absolute Gasteiger partial charge is 0.459 e. The normalized spacial score (nSPS) is 14.2. The number of rotatable bonds is 5. The number of hydrogen-bond acceptors (Lipinski definition) is 5. The summed E-state index contributed by atoms with van der Waals surface area (Å²) in [6.07, 6.45) is 1.43. The number of carbonyl (C=O) groups excluding carboxylic acids is 1. The van der Waals surface area contributed by atoms with E-state index in [0.717, 1.165) is 49.0 Å². The van der Waals surface area contributed by atoms with E-state index in [-0.39, 0.29) is 10.9 Å². The van der Waals surface area contributed by atoms with Gasteiger partial charge in [-0.25, -0.2) is 0 Å². The van der Waals surface area contributed by atoms with Gasteiger partial charge in [0.25, 0.3) is 5.91 Å². The zero-order valence-corrected chi connectivity index (χ0v) is 19.5. The average Bonchev–Trinajstić information content (AvgIpc) is 3.31. The van der Waals surface area contributed by atoms with E-state index in [9.17, 15) is 4.79 Å². The lowest BCUT2D eigenvalue weighted by atomic mass is 10.2. The number of amides is 1. The molecule has 1 aliphatic rings. The van der Waals surface area contributed by atoms with Crippen LogP contribution in [0.25, 0.3) is 0 Å². The van der Waals surface area contributed by atoms with Crippen LogP contribution in [0, 0.1) is 0 Å². The second-order valence-electron chi connectivity index (χ2n) is 7.41. The van der Waals surface area contributed by atoms with Gasteiger partial charge in [0, 0.05) is 43.4 Å². The van der Waals surface area contributed by atoms with Crippen molar-refractivity contribution >= 4 is 57.8 Å². The van der Waals surface area contributed by atoms with Gasteiger partial charge in [0.15, 0.2) is 10.9 Å². The average molecular weight is 489 g/mol. The predicted molar refractivity (Wildman–Crippen MR) is 133 cm³/mol. The van der Waals surface area contributed by atoms with Gasteiger partial charge < -0.3 is 14.6 Å². The zero-order chi connectivity index (χ0) is 22.5.